The number of benzene rings is 1. The highest BCUT2D eigenvalue weighted by Gasteiger charge is 2.16. The Balaban J connectivity index is 1.59. The SMILES string of the molecule is O=C(COC(=O)COc1cccc(F)c1)NCC1CCCO1. The average molecular weight is 311 g/mol. The fourth-order valence-corrected chi connectivity index (χ4v) is 1.97. The molecule has 1 aliphatic heterocycles. The van der Waals surface area contributed by atoms with E-state index in [2.05, 4.69) is 5.32 Å². The van der Waals surface area contributed by atoms with Crippen LogP contribution in [0, 0.1) is 5.82 Å². The van der Waals surface area contributed by atoms with E-state index >= 15 is 0 Å². The van der Waals surface area contributed by atoms with Crippen LogP contribution in [0.3, 0.4) is 0 Å². The van der Waals surface area contributed by atoms with E-state index in [1.807, 2.05) is 0 Å². The van der Waals surface area contributed by atoms with Crippen LogP contribution in [0.25, 0.3) is 0 Å². The standard InChI is InChI=1S/C15H18FNO5/c16-11-3-1-4-12(7-11)21-10-15(19)22-9-14(18)17-8-13-5-2-6-20-13/h1,3-4,7,13H,2,5-6,8-10H2,(H,17,18). The van der Waals surface area contributed by atoms with Crippen LogP contribution >= 0.6 is 0 Å². The lowest BCUT2D eigenvalue weighted by atomic mass is 10.2. The molecule has 2 rings (SSSR count). The third-order valence-electron chi connectivity index (χ3n) is 3.07. The number of hydrogen-bond donors (Lipinski definition) is 1. The summed E-state index contributed by atoms with van der Waals surface area (Å²) >= 11 is 0. The Bertz CT molecular complexity index is 516. The molecular weight excluding hydrogens is 293 g/mol. The molecule has 1 aromatic rings. The Morgan fingerprint density at radius 3 is 2.95 bits per heavy atom. The van der Waals surface area contributed by atoms with E-state index in [-0.39, 0.29) is 25.1 Å². The van der Waals surface area contributed by atoms with Crippen molar-refractivity contribution in [2.75, 3.05) is 26.4 Å². The molecule has 1 N–H and O–H groups in total. The molecule has 0 aliphatic carbocycles. The number of halogens is 1. The third-order valence-corrected chi connectivity index (χ3v) is 3.07. The van der Waals surface area contributed by atoms with E-state index in [0.29, 0.717) is 13.2 Å². The molecule has 1 fully saturated rings. The summed E-state index contributed by atoms with van der Waals surface area (Å²) in [6.45, 7) is 0.365. The highest BCUT2D eigenvalue weighted by atomic mass is 19.1. The first-order chi connectivity index (χ1) is 10.6. The van der Waals surface area contributed by atoms with Crippen LogP contribution in [0.4, 0.5) is 4.39 Å². The molecule has 1 saturated heterocycles. The fourth-order valence-electron chi connectivity index (χ4n) is 1.97. The molecular formula is C15H18FNO5. The first-order valence-electron chi connectivity index (χ1n) is 7.06. The second-order valence-electron chi connectivity index (χ2n) is 4.85. The minimum absolute atomic E-state index is 0.0379. The van der Waals surface area contributed by atoms with Gasteiger partial charge in [0.2, 0.25) is 0 Å². The van der Waals surface area contributed by atoms with Gasteiger partial charge in [0.05, 0.1) is 6.10 Å². The molecule has 1 heterocycles. The summed E-state index contributed by atoms with van der Waals surface area (Å²) in [4.78, 5) is 22.9. The maximum absolute atomic E-state index is 12.9. The maximum atomic E-state index is 12.9. The van der Waals surface area contributed by atoms with Gasteiger partial charge in [-0.25, -0.2) is 9.18 Å². The Morgan fingerprint density at radius 1 is 1.36 bits per heavy atom. The minimum atomic E-state index is -0.698. The Kier molecular flexibility index (Phi) is 6.14. The lowest BCUT2D eigenvalue weighted by molar-refractivity contribution is -0.150. The average Bonchev–Trinajstić information content (AvgIpc) is 3.02. The van der Waals surface area contributed by atoms with Crippen molar-refractivity contribution in [2.24, 2.45) is 0 Å². The molecule has 6 nitrogen and oxygen atoms in total. The van der Waals surface area contributed by atoms with Gasteiger partial charge in [0.15, 0.2) is 13.2 Å². The number of ether oxygens (including phenoxy) is 3. The molecule has 0 saturated carbocycles. The van der Waals surface area contributed by atoms with Crippen molar-refractivity contribution in [1.29, 1.82) is 0 Å². The molecule has 0 aromatic heterocycles. The molecule has 7 heteroatoms. The van der Waals surface area contributed by atoms with Gasteiger partial charge in [-0.3, -0.25) is 4.79 Å². The van der Waals surface area contributed by atoms with Gasteiger partial charge >= 0.3 is 5.97 Å². The van der Waals surface area contributed by atoms with Crippen molar-refractivity contribution in [1.82, 2.24) is 5.32 Å². The molecule has 120 valence electrons. The molecule has 1 aromatic carbocycles. The Hall–Kier alpha value is -2.15. The molecule has 0 spiro atoms. The largest absolute Gasteiger partial charge is 0.482 e. The normalized spacial score (nSPS) is 17.0. The molecule has 1 amide bonds. The summed E-state index contributed by atoms with van der Waals surface area (Å²) in [5.41, 5.74) is 0. The highest BCUT2D eigenvalue weighted by Crippen LogP contribution is 2.12. The van der Waals surface area contributed by atoms with Crippen LogP contribution in [-0.4, -0.2) is 44.3 Å². The van der Waals surface area contributed by atoms with Gasteiger partial charge in [0.1, 0.15) is 11.6 Å². The van der Waals surface area contributed by atoms with E-state index in [1.165, 1.54) is 18.2 Å². The van der Waals surface area contributed by atoms with Crippen LogP contribution < -0.4 is 10.1 Å². The van der Waals surface area contributed by atoms with Crippen LogP contribution in [0.2, 0.25) is 0 Å². The number of hydrogen-bond acceptors (Lipinski definition) is 5. The van der Waals surface area contributed by atoms with E-state index in [0.717, 1.165) is 18.9 Å². The highest BCUT2D eigenvalue weighted by molar-refractivity contribution is 5.80. The van der Waals surface area contributed by atoms with Crippen molar-refractivity contribution in [3.05, 3.63) is 30.1 Å². The third kappa shape index (κ3) is 5.69. The Morgan fingerprint density at radius 2 is 2.23 bits per heavy atom. The van der Waals surface area contributed by atoms with Gasteiger partial charge in [-0.2, -0.15) is 0 Å². The van der Waals surface area contributed by atoms with E-state index in [1.54, 1.807) is 0 Å². The van der Waals surface area contributed by atoms with Crippen LogP contribution in [0.15, 0.2) is 24.3 Å². The van der Waals surface area contributed by atoms with Crippen LogP contribution in [0.1, 0.15) is 12.8 Å². The monoisotopic (exact) mass is 311 g/mol. The summed E-state index contributed by atoms with van der Waals surface area (Å²) < 4.78 is 28.1. The van der Waals surface area contributed by atoms with Crippen LogP contribution in [0.5, 0.6) is 5.75 Å². The lowest BCUT2D eigenvalue weighted by Gasteiger charge is -2.11. The number of carbonyl (C=O) groups is 2. The van der Waals surface area contributed by atoms with E-state index in [9.17, 15) is 14.0 Å². The summed E-state index contributed by atoms with van der Waals surface area (Å²) in [6.07, 6.45) is 1.95. The first-order valence-corrected chi connectivity index (χ1v) is 7.06. The summed E-state index contributed by atoms with van der Waals surface area (Å²) in [5.74, 6) is -1.33. The first kappa shape index (κ1) is 16.2. The summed E-state index contributed by atoms with van der Waals surface area (Å²) in [6, 6.07) is 5.41. The van der Waals surface area contributed by atoms with Crippen molar-refractivity contribution in [3.63, 3.8) is 0 Å². The number of nitrogens with one attached hydrogen (secondary N) is 1. The minimum Gasteiger partial charge on any atom is -0.482 e. The zero-order valence-corrected chi connectivity index (χ0v) is 12.0. The second-order valence-corrected chi connectivity index (χ2v) is 4.85. The van der Waals surface area contributed by atoms with Gasteiger partial charge < -0.3 is 19.5 Å². The smallest absolute Gasteiger partial charge is 0.344 e. The van der Waals surface area contributed by atoms with Crippen molar-refractivity contribution in [2.45, 2.75) is 18.9 Å². The number of amides is 1. The van der Waals surface area contributed by atoms with Gasteiger partial charge in [-0.15, -0.1) is 0 Å². The molecule has 1 aliphatic rings. The fraction of sp³-hybridized carbons (Fsp3) is 0.467. The Labute approximate surface area is 127 Å². The number of rotatable bonds is 7. The topological polar surface area (TPSA) is 73.9 Å². The van der Waals surface area contributed by atoms with Crippen molar-refractivity contribution in [3.8, 4) is 5.75 Å². The predicted molar refractivity (Wildman–Crippen MR) is 74.8 cm³/mol. The predicted octanol–water partition coefficient (Wildman–Crippen LogP) is 1.04. The molecule has 22 heavy (non-hydrogen) atoms. The van der Waals surface area contributed by atoms with E-state index in [4.69, 9.17) is 14.2 Å². The molecule has 0 radical (unpaired) electrons. The molecule has 0 bridgehead atoms. The van der Waals surface area contributed by atoms with Gasteiger partial charge in [0, 0.05) is 19.2 Å². The zero-order valence-electron chi connectivity index (χ0n) is 12.0. The lowest BCUT2D eigenvalue weighted by Crippen LogP contribution is -2.35. The number of carbonyl (C=O) groups excluding carboxylic acids is 2. The summed E-state index contributed by atoms with van der Waals surface area (Å²) in [7, 11) is 0. The van der Waals surface area contributed by atoms with E-state index < -0.39 is 17.7 Å². The second kappa shape index (κ2) is 8.33. The van der Waals surface area contributed by atoms with Crippen molar-refractivity contribution < 1.29 is 28.2 Å². The summed E-state index contributed by atoms with van der Waals surface area (Å²) in [5, 5.41) is 2.63. The van der Waals surface area contributed by atoms with Crippen LogP contribution in [-0.2, 0) is 19.1 Å². The quantitative estimate of drug-likeness (QED) is 0.762. The molecule has 1 unspecified atom stereocenters. The maximum Gasteiger partial charge on any atom is 0.344 e. The number of esters is 1. The van der Waals surface area contributed by atoms with Gasteiger partial charge in [-0.1, -0.05) is 6.07 Å². The molecule has 1 atom stereocenters. The zero-order chi connectivity index (χ0) is 15.8. The van der Waals surface area contributed by atoms with Crippen molar-refractivity contribution >= 4 is 11.9 Å². The van der Waals surface area contributed by atoms with Gasteiger partial charge in [0.25, 0.3) is 5.91 Å². The van der Waals surface area contributed by atoms with Gasteiger partial charge in [-0.05, 0) is 25.0 Å².